The Morgan fingerprint density at radius 3 is 2.43 bits per heavy atom. The first kappa shape index (κ1) is 13.7. The smallest absolute Gasteiger partial charge is 0.227 e. The van der Waals surface area contributed by atoms with Crippen LogP contribution in [0.3, 0.4) is 0 Å². The monoisotopic (exact) mass is 284 g/mol. The van der Waals surface area contributed by atoms with Crippen molar-refractivity contribution >= 4 is 11.8 Å². The zero-order chi connectivity index (χ0) is 14.7. The number of piperidine rings is 1. The highest BCUT2D eigenvalue weighted by atomic mass is 16.5. The predicted molar refractivity (Wildman–Crippen MR) is 84.5 cm³/mol. The Kier molecular flexibility index (Phi) is 3.90. The molecule has 2 heterocycles. The van der Waals surface area contributed by atoms with Gasteiger partial charge in [-0.05, 0) is 43.5 Å². The molecule has 0 unspecified atom stereocenters. The van der Waals surface area contributed by atoms with E-state index in [1.807, 2.05) is 30.3 Å². The lowest BCUT2D eigenvalue weighted by Gasteiger charge is -2.27. The van der Waals surface area contributed by atoms with Crippen molar-refractivity contribution in [2.24, 2.45) is 0 Å². The first-order valence-electron chi connectivity index (χ1n) is 7.30. The number of nitrogens with zero attached hydrogens (tertiary/aromatic N) is 3. The molecule has 0 atom stereocenters. The second kappa shape index (κ2) is 5.99. The van der Waals surface area contributed by atoms with E-state index in [-0.39, 0.29) is 0 Å². The van der Waals surface area contributed by atoms with E-state index in [0.717, 1.165) is 36.0 Å². The van der Waals surface area contributed by atoms with Crippen LogP contribution in [0.4, 0.5) is 11.8 Å². The van der Waals surface area contributed by atoms with Crippen LogP contribution in [-0.2, 0) is 0 Å². The van der Waals surface area contributed by atoms with Crippen molar-refractivity contribution in [2.75, 3.05) is 30.8 Å². The Hall–Kier alpha value is -2.30. The molecule has 2 aromatic rings. The van der Waals surface area contributed by atoms with E-state index in [1.165, 1.54) is 19.3 Å². The van der Waals surface area contributed by atoms with Crippen LogP contribution in [0.15, 0.2) is 30.3 Å². The van der Waals surface area contributed by atoms with E-state index in [4.69, 9.17) is 10.5 Å². The second-order valence-corrected chi connectivity index (χ2v) is 5.25. The molecular formula is C16H20N4O. The van der Waals surface area contributed by atoms with Crippen LogP contribution in [0, 0.1) is 0 Å². The average molecular weight is 284 g/mol. The molecule has 5 heteroatoms. The van der Waals surface area contributed by atoms with Gasteiger partial charge in [0.25, 0.3) is 0 Å². The van der Waals surface area contributed by atoms with Crippen LogP contribution < -0.4 is 15.4 Å². The van der Waals surface area contributed by atoms with Crippen molar-refractivity contribution in [3.05, 3.63) is 30.3 Å². The summed E-state index contributed by atoms with van der Waals surface area (Å²) in [5, 5.41) is 0. The molecule has 1 aliphatic heterocycles. The van der Waals surface area contributed by atoms with E-state index in [2.05, 4.69) is 14.9 Å². The first-order valence-corrected chi connectivity index (χ1v) is 7.30. The molecule has 2 N–H and O–H groups in total. The molecule has 1 aromatic heterocycles. The van der Waals surface area contributed by atoms with Gasteiger partial charge < -0.3 is 15.4 Å². The van der Waals surface area contributed by atoms with Crippen molar-refractivity contribution < 1.29 is 4.74 Å². The Morgan fingerprint density at radius 1 is 1.05 bits per heavy atom. The molecular weight excluding hydrogens is 264 g/mol. The van der Waals surface area contributed by atoms with E-state index in [1.54, 1.807) is 7.11 Å². The maximum Gasteiger partial charge on any atom is 0.227 e. The molecule has 0 bridgehead atoms. The fraction of sp³-hybridized carbons (Fsp3) is 0.375. The van der Waals surface area contributed by atoms with Gasteiger partial charge in [0, 0.05) is 24.7 Å². The zero-order valence-corrected chi connectivity index (χ0v) is 12.2. The summed E-state index contributed by atoms with van der Waals surface area (Å²) < 4.78 is 5.18. The van der Waals surface area contributed by atoms with E-state index in [9.17, 15) is 0 Å². The number of aromatic nitrogens is 2. The Labute approximate surface area is 124 Å². The Bertz CT molecular complexity index is 606. The summed E-state index contributed by atoms with van der Waals surface area (Å²) in [5.74, 6) is 2.08. The summed E-state index contributed by atoms with van der Waals surface area (Å²) in [5.41, 5.74) is 7.83. The van der Waals surface area contributed by atoms with Crippen LogP contribution >= 0.6 is 0 Å². The van der Waals surface area contributed by atoms with Gasteiger partial charge in [-0.15, -0.1) is 0 Å². The number of ether oxygens (including phenoxy) is 1. The molecule has 0 radical (unpaired) electrons. The molecule has 21 heavy (non-hydrogen) atoms. The third-order valence-electron chi connectivity index (χ3n) is 3.76. The molecule has 0 saturated carbocycles. The van der Waals surface area contributed by atoms with Gasteiger partial charge in [0.05, 0.1) is 12.8 Å². The Morgan fingerprint density at radius 2 is 1.76 bits per heavy atom. The minimum atomic E-state index is 0.511. The topological polar surface area (TPSA) is 64.3 Å². The fourth-order valence-corrected chi connectivity index (χ4v) is 2.60. The highest BCUT2D eigenvalue weighted by molar-refractivity contribution is 5.64. The van der Waals surface area contributed by atoms with E-state index in [0.29, 0.717) is 5.82 Å². The van der Waals surface area contributed by atoms with Gasteiger partial charge in [0.1, 0.15) is 11.6 Å². The largest absolute Gasteiger partial charge is 0.497 e. The van der Waals surface area contributed by atoms with Gasteiger partial charge in [0.15, 0.2) is 0 Å². The molecule has 110 valence electrons. The van der Waals surface area contributed by atoms with Gasteiger partial charge in [-0.3, -0.25) is 0 Å². The van der Waals surface area contributed by atoms with Crippen LogP contribution in [0.2, 0.25) is 0 Å². The quantitative estimate of drug-likeness (QED) is 0.939. The standard InChI is InChI=1S/C16H20N4O/c1-21-13-7-5-12(6-8-13)14-11-15(17)19-16(18-14)20-9-3-2-4-10-20/h5-8,11H,2-4,9-10H2,1H3,(H2,17,18,19). The van der Waals surface area contributed by atoms with Crippen LogP contribution in [0.1, 0.15) is 19.3 Å². The third-order valence-corrected chi connectivity index (χ3v) is 3.76. The normalized spacial score (nSPS) is 15.0. The summed E-state index contributed by atoms with van der Waals surface area (Å²) >= 11 is 0. The number of rotatable bonds is 3. The molecule has 0 spiro atoms. The molecule has 1 fully saturated rings. The minimum Gasteiger partial charge on any atom is -0.497 e. The van der Waals surface area contributed by atoms with Gasteiger partial charge in [0.2, 0.25) is 5.95 Å². The fourth-order valence-electron chi connectivity index (χ4n) is 2.60. The van der Waals surface area contributed by atoms with Gasteiger partial charge in [-0.1, -0.05) is 0 Å². The molecule has 1 aliphatic rings. The minimum absolute atomic E-state index is 0.511. The number of nitrogens with two attached hydrogens (primary N) is 1. The van der Waals surface area contributed by atoms with Crippen molar-refractivity contribution in [3.63, 3.8) is 0 Å². The zero-order valence-electron chi connectivity index (χ0n) is 12.2. The number of nitrogen functional groups attached to an aromatic ring is 1. The molecule has 5 nitrogen and oxygen atoms in total. The van der Waals surface area contributed by atoms with Gasteiger partial charge in [-0.2, -0.15) is 4.98 Å². The van der Waals surface area contributed by atoms with Crippen LogP contribution in [0.5, 0.6) is 5.75 Å². The van der Waals surface area contributed by atoms with Crippen LogP contribution in [0.25, 0.3) is 11.3 Å². The summed E-state index contributed by atoms with van der Waals surface area (Å²) in [6.07, 6.45) is 3.66. The van der Waals surface area contributed by atoms with Crippen molar-refractivity contribution in [1.82, 2.24) is 9.97 Å². The lowest BCUT2D eigenvalue weighted by molar-refractivity contribution is 0.415. The summed E-state index contributed by atoms with van der Waals surface area (Å²) in [4.78, 5) is 11.3. The maximum atomic E-state index is 5.96. The predicted octanol–water partition coefficient (Wildman–Crippen LogP) is 2.72. The second-order valence-electron chi connectivity index (χ2n) is 5.25. The Balaban J connectivity index is 1.92. The van der Waals surface area contributed by atoms with Crippen LogP contribution in [-0.4, -0.2) is 30.2 Å². The molecule has 3 rings (SSSR count). The summed E-state index contributed by atoms with van der Waals surface area (Å²) in [6.45, 7) is 2.01. The summed E-state index contributed by atoms with van der Waals surface area (Å²) in [6, 6.07) is 9.64. The van der Waals surface area contributed by atoms with Crippen molar-refractivity contribution in [3.8, 4) is 17.0 Å². The lowest BCUT2D eigenvalue weighted by Crippen LogP contribution is -2.31. The number of benzene rings is 1. The van der Waals surface area contributed by atoms with Crippen molar-refractivity contribution in [2.45, 2.75) is 19.3 Å². The number of anilines is 2. The third kappa shape index (κ3) is 3.07. The number of hydrogen-bond donors (Lipinski definition) is 1. The van der Waals surface area contributed by atoms with E-state index < -0.39 is 0 Å². The number of hydrogen-bond acceptors (Lipinski definition) is 5. The van der Waals surface area contributed by atoms with Gasteiger partial charge >= 0.3 is 0 Å². The van der Waals surface area contributed by atoms with E-state index >= 15 is 0 Å². The number of methoxy groups -OCH3 is 1. The SMILES string of the molecule is COc1ccc(-c2cc(N)nc(N3CCCCC3)n2)cc1. The molecule has 1 aromatic carbocycles. The average Bonchev–Trinajstić information content (AvgIpc) is 2.55. The lowest BCUT2D eigenvalue weighted by atomic mass is 10.1. The highest BCUT2D eigenvalue weighted by Gasteiger charge is 2.15. The highest BCUT2D eigenvalue weighted by Crippen LogP contribution is 2.25. The molecule has 1 saturated heterocycles. The first-order chi connectivity index (χ1) is 10.3. The van der Waals surface area contributed by atoms with Gasteiger partial charge in [-0.25, -0.2) is 4.98 Å². The molecule has 0 aliphatic carbocycles. The molecule has 0 amide bonds. The summed E-state index contributed by atoms with van der Waals surface area (Å²) in [7, 11) is 1.66. The maximum absolute atomic E-state index is 5.96. The van der Waals surface area contributed by atoms with Crippen molar-refractivity contribution in [1.29, 1.82) is 0 Å².